The van der Waals surface area contributed by atoms with Crippen LogP contribution >= 0.6 is 0 Å². The van der Waals surface area contributed by atoms with Crippen molar-refractivity contribution in [3.8, 4) is 0 Å². The lowest BCUT2D eigenvalue weighted by Crippen LogP contribution is -2.51. The number of sulfonamides is 1. The molecule has 0 aliphatic heterocycles. The number of hydrazine groups is 1. The summed E-state index contributed by atoms with van der Waals surface area (Å²) in [5, 5.41) is 0. The number of rotatable bonds is 11. The van der Waals surface area contributed by atoms with E-state index in [-0.39, 0.29) is 12.3 Å². The quantitative estimate of drug-likeness (QED) is 0.306. The highest BCUT2D eigenvalue weighted by molar-refractivity contribution is 7.92. The van der Waals surface area contributed by atoms with Crippen molar-refractivity contribution in [2.24, 2.45) is 17.8 Å². The zero-order valence-corrected chi connectivity index (χ0v) is 23.7. The normalized spacial score (nSPS) is 13.8. The number of nitrogens with one attached hydrogen (secondary N) is 1. The molecule has 0 bridgehead atoms. The standard InChI is InChI=1S/C29H40N2O5S/c1-21(2)20-25(27(32)30-31(37(7,34)35)26-19-12-11-14-22(26)3)24(28(33)36-29(4,5)6)18-13-17-23-15-9-8-10-16-23/h8-17,19,21,24-25H,18,20H2,1-7H3,(H,30,32)/t24-,25+/m0/s1. The van der Waals surface area contributed by atoms with Crippen LogP contribution in [0.4, 0.5) is 5.69 Å². The fourth-order valence-corrected chi connectivity index (χ4v) is 4.79. The van der Waals surface area contributed by atoms with Gasteiger partial charge >= 0.3 is 5.97 Å². The van der Waals surface area contributed by atoms with E-state index >= 15 is 0 Å². The van der Waals surface area contributed by atoms with Crippen LogP contribution < -0.4 is 9.84 Å². The highest BCUT2D eigenvalue weighted by atomic mass is 32.2. The lowest BCUT2D eigenvalue weighted by atomic mass is 9.82. The third-order valence-electron chi connectivity index (χ3n) is 5.63. The Morgan fingerprint density at radius 2 is 1.59 bits per heavy atom. The number of hydrogen-bond acceptors (Lipinski definition) is 5. The first-order valence-electron chi connectivity index (χ1n) is 12.5. The van der Waals surface area contributed by atoms with Crippen LogP contribution in [-0.4, -0.2) is 32.2 Å². The van der Waals surface area contributed by atoms with E-state index in [0.29, 0.717) is 17.7 Å². The van der Waals surface area contributed by atoms with Gasteiger partial charge < -0.3 is 4.74 Å². The summed E-state index contributed by atoms with van der Waals surface area (Å²) in [6.45, 7) is 11.0. The molecule has 2 rings (SSSR count). The number of allylic oxidation sites excluding steroid dienone is 1. The minimum absolute atomic E-state index is 0.0731. The molecule has 1 amide bonds. The number of carbonyl (C=O) groups excluding carboxylic acids is 2. The SMILES string of the molecule is Cc1ccccc1N(NC(=O)[C@H](CC(C)C)[C@H](CC=Cc1ccccc1)C(=O)OC(C)(C)C)S(C)(=O)=O. The molecule has 202 valence electrons. The molecule has 2 aromatic rings. The van der Waals surface area contributed by atoms with Crippen LogP contribution in [-0.2, 0) is 24.3 Å². The first-order valence-corrected chi connectivity index (χ1v) is 14.3. The Hall–Kier alpha value is -3.13. The molecule has 7 nitrogen and oxygen atoms in total. The Balaban J connectivity index is 2.45. The molecule has 0 aliphatic rings. The molecular weight excluding hydrogens is 488 g/mol. The fraction of sp³-hybridized carbons (Fsp3) is 0.448. The first kappa shape index (κ1) is 30.1. The number of anilines is 1. The van der Waals surface area contributed by atoms with Crippen molar-refractivity contribution >= 4 is 33.7 Å². The van der Waals surface area contributed by atoms with Crippen LogP contribution in [0.1, 0.15) is 58.6 Å². The lowest BCUT2D eigenvalue weighted by Gasteiger charge is -2.31. The summed E-state index contributed by atoms with van der Waals surface area (Å²) in [5.74, 6) is -2.59. The van der Waals surface area contributed by atoms with Crippen LogP contribution in [0.3, 0.4) is 0 Å². The third kappa shape index (κ3) is 9.69. The minimum atomic E-state index is -3.85. The van der Waals surface area contributed by atoms with E-state index in [9.17, 15) is 18.0 Å². The van der Waals surface area contributed by atoms with Gasteiger partial charge in [0.15, 0.2) is 0 Å². The topological polar surface area (TPSA) is 92.8 Å². The molecule has 0 heterocycles. The second kappa shape index (κ2) is 12.9. The van der Waals surface area contributed by atoms with Crippen molar-refractivity contribution < 1.29 is 22.7 Å². The third-order valence-corrected chi connectivity index (χ3v) is 6.59. The van der Waals surface area contributed by atoms with Crippen molar-refractivity contribution in [2.45, 2.75) is 60.0 Å². The van der Waals surface area contributed by atoms with Gasteiger partial charge in [0.1, 0.15) is 5.60 Å². The molecule has 0 fully saturated rings. The van der Waals surface area contributed by atoms with Gasteiger partial charge in [-0.1, -0.05) is 74.5 Å². The van der Waals surface area contributed by atoms with E-state index in [1.807, 2.05) is 56.3 Å². The van der Waals surface area contributed by atoms with Gasteiger partial charge in [-0.15, -0.1) is 0 Å². The smallest absolute Gasteiger partial charge is 0.310 e. The second-order valence-electron chi connectivity index (χ2n) is 10.7. The summed E-state index contributed by atoms with van der Waals surface area (Å²) in [7, 11) is -3.85. The van der Waals surface area contributed by atoms with Crippen molar-refractivity contribution in [2.75, 3.05) is 10.7 Å². The molecule has 0 aromatic heterocycles. The zero-order valence-electron chi connectivity index (χ0n) is 22.9. The van der Waals surface area contributed by atoms with Gasteiger partial charge in [-0.3, -0.25) is 15.0 Å². The molecule has 0 unspecified atom stereocenters. The lowest BCUT2D eigenvalue weighted by molar-refractivity contribution is -0.164. The van der Waals surface area contributed by atoms with E-state index in [0.717, 1.165) is 16.2 Å². The number of para-hydroxylation sites is 1. The maximum atomic E-state index is 13.7. The van der Waals surface area contributed by atoms with Crippen molar-refractivity contribution in [3.05, 3.63) is 71.8 Å². The number of carbonyl (C=O) groups is 2. The van der Waals surface area contributed by atoms with E-state index in [4.69, 9.17) is 4.74 Å². The number of ether oxygens (including phenoxy) is 1. The monoisotopic (exact) mass is 528 g/mol. The minimum Gasteiger partial charge on any atom is -0.460 e. The maximum absolute atomic E-state index is 13.7. The van der Waals surface area contributed by atoms with Gasteiger partial charge in [-0.2, -0.15) is 4.41 Å². The molecule has 37 heavy (non-hydrogen) atoms. The summed E-state index contributed by atoms with van der Waals surface area (Å²) < 4.78 is 32.0. The molecule has 2 aromatic carbocycles. The number of benzene rings is 2. The molecule has 0 saturated heterocycles. The van der Waals surface area contributed by atoms with Crippen molar-refractivity contribution in [1.29, 1.82) is 0 Å². The van der Waals surface area contributed by atoms with Gasteiger partial charge in [0.2, 0.25) is 15.9 Å². The van der Waals surface area contributed by atoms with E-state index < -0.39 is 39.3 Å². The summed E-state index contributed by atoms with van der Waals surface area (Å²) >= 11 is 0. The Bertz CT molecular complexity index is 1180. The predicted molar refractivity (Wildman–Crippen MR) is 149 cm³/mol. The van der Waals surface area contributed by atoms with Crippen LogP contribution in [0.25, 0.3) is 6.08 Å². The van der Waals surface area contributed by atoms with Crippen molar-refractivity contribution in [3.63, 3.8) is 0 Å². The molecule has 0 spiro atoms. The summed E-state index contributed by atoms with van der Waals surface area (Å²) in [4.78, 5) is 27.1. The molecule has 1 N–H and O–H groups in total. The largest absolute Gasteiger partial charge is 0.460 e. The van der Waals surface area contributed by atoms with E-state index in [1.54, 1.807) is 52.0 Å². The summed E-state index contributed by atoms with van der Waals surface area (Å²) in [5.41, 5.74) is 3.86. The number of esters is 1. The summed E-state index contributed by atoms with van der Waals surface area (Å²) in [6, 6.07) is 16.6. The maximum Gasteiger partial charge on any atom is 0.310 e. The highest BCUT2D eigenvalue weighted by Gasteiger charge is 2.38. The van der Waals surface area contributed by atoms with Crippen LogP contribution in [0, 0.1) is 24.7 Å². The number of nitrogens with zero attached hydrogens (tertiary/aromatic N) is 1. The molecule has 0 aliphatic carbocycles. The summed E-state index contributed by atoms with van der Waals surface area (Å²) in [6.07, 6.45) is 5.43. The van der Waals surface area contributed by atoms with Gasteiger partial charge in [-0.05, 0) is 63.6 Å². The van der Waals surface area contributed by atoms with Gasteiger partial charge in [-0.25, -0.2) is 8.42 Å². The van der Waals surface area contributed by atoms with Gasteiger partial charge in [0.05, 0.1) is 23.8 Å². The van der Waals surface area contributed by atoms with Gasteiger partial charge in [0.25, 0.3) is 0 Å². The predicted octanol–water partition coefficient (Wildman–Crippen LogP) is 5.52. The molecular formula is C29H40N2O5S. The van der Waals surface area contributed by atoms with Crippen LogP contribution in [0.5, 0.6) is 0 Å². The van der Waals surface area contributed by atoms with Crippen LogP contribution in [0.2, 0.25) is 0 Å². The molecule has 2 atom stereocenters. The number of aryl methyl sites for hydroxylation is 1. The average molecular weight is 529 g/mol. The highest BCUT2D eigenvalue weighted by Crippen LogP contribution is 2.29. The van der Waals surface area contributed by atoms with Crippen LogP contribution in [0.15, 0.2) is 60.7 Å². The van der Waals surface area contributed by atoms with E-state index in [2.05, 4.69) is 5.43 Å². The Labute approximate surface area is 221 Å². The number of hydrogen-bond donors (Lipinski definition) is 1. The molecule has 0 radical (unpaired) electrons. The zero-order chi connectivity index (χ0) is 27.8. The Morgan fingerprint density at radius 3 is 2.14 bits per heavy atom. The van der Waals surface area contributed by atoms with Gasteiger partial charge in [0, 0.05) is 0 Å². The Kier molecular flexibility index (Phi) is 10.5. The molecule has 8 heteroatoms. The Morgan fingerprint density at radius 1 is 1.00 bits per heavy atom. The molecule has 0 saturated carbocycles. The number of amides is 1. The van der Waals surface area contributed by atoms with E-state index in [1.165, 1.54) is 0 Å². The first-order chi connectivity index (χ1) is 17.2. The van der Waals surface area contributed by atoms with Crippen molar-refractivity contribution in [1.82, 2.24) is 5.43 Å². The fourth-order valence-electron chi connectivity index (χ4n) is 3.98. The average Bonchev–Trinajstić information content (AvgIpc) is 2.78. The second-order valence-corrected chi connectivity index (χ2v) is 12.5.